The third-order valence-corrected chi connectivity index (χ3v) is 2.77. The molecule has 21 heavy (non-hydrogen) atoms. The Morgan fingerprint density at radius 1 is 1.33 bits per heavy atom. The van der Waals surface area contributed by atoms with Crippen molar-refractivity contribution in [1.82, 2.24) is 4.90 Å². The van der Waals surface area contributed by atoms with Gasteiger partial charge in [-0.05, 0) is 39.0 Å². The maximum atomic E-state index is 14.5. The van der Waals surface area contributed by atoms with Gasteiger partial charge in [-0.25, -0.2) is 9.18 Å². The molecule has 6 heteroatoms. The van der Waals surface area contributed by atoms with E-state index in [1.807, 2.05) is 0 Å². The molecule has 0 spiro atoms. The van der Waals surface area contributed by atoms with Crippen molar-refractivity contribution >= 4 is 27.7 Å². The van der Waals surface area contributed by atoms with Crippen LogP contribution in [0.1, 0.15) is 31.7 Å². The monoisotopic (exact) mass is 366 g/mol. The van der Waals surface area contributed by atoms with E-state index in [0.717, 1.165) is 12.1 Å². The Morgan fingerprint density at radius 2 is 1.95 bits per heavy atom. The summed E-state index contributed by atoms with van der Waals surface area (Å²) < 4.78 is 85.5. The summed E-state index contributed by atoms with van der Waals surface area (Å²) in [6.45, 7) is -9.33. The second-order valence-corrected chi connectivity index (χ2v) is 6.11. The number of carbonyl (C=O) groups is 1. The highest BCUT2D eigenvalue weighted by atomic mass is 79.9. The minimum atomic E-state index is -3.44. The quantitative estimate of drug-likeness (QED) is 0.760. The maximum Gasteiger partial charge on any atom is 0.410 e. The minimum Gasteiger partial charge on any atom is -0.444 e. The number of carbonyl (C=O) groups excluding carboxylic acids is 1. The van der Waals surface area contributed by atoms with Crippen LogP contribution in [0.2, 0.25) is 0 Å². The van der Waals surface area contributed by atoms with Crippen LogP contribution in [0.3, 0.4) is 0 Å². The smallest absolute Gasteiger partial charge is 0.410 e. The fraction of sp³-hybridized carbons (Fsp3) is 0.533. The van der Waals surface area contributed by atoms with Gasteiger partial charge in [0, 0.05) is 30.5 Å². The van der Waals surface area contributed by atoms with Gasteiger partial charge >= 0.3 is 6.09 Å². The summed E-state index contributed by atoms with van der Waals surface area (Å²) >= 11 is 3.02. The molecule has 0 aliphatic carbocycles. The molecule has 1 fully saturated rings. The Kier molecular flexibility index (Phi) is 2.48. The average Bonchev–Trinajstić information content (AvgIpc) is 2.45. The van der Waals surface area contributed by atoms with Crippen LogP contribution in [-0.2, 0) is 4.74 Å². The number of ether oxygens (including phenoxy) is 1. The fourth-order valence-corrected chi connectivity index (χ4v) is 1.77. The molecule has 1 aromatic carbocycles. The highest BCUT2D eigenvalue weighted by molar-refractivity contribution is 9.10. The predicted octanol–water partition coefficient (Wildman–Crippen LogP) is 3.65. The summed E-state index contributed by atoms with van der Waals surface area (Å²) in [4.78, 5) is 12.4. The molecule has 0 bridgehead atoms. The van der Waals surface area contributed by atoms with Crippen molar-refractivity contribution in [3.05, 3.63) is 28.5 Å². The summed E-state index contributed by atoms with van der Waals surface area (Å²) in [5.74, 6) is -1.11. The van der Waals surface area contributed by atoms with Crippen molar-refractivity contribution in [3.63, 3.8) is 0 Å². The molecular formula is C15H20BrFN2O2. The summed E-state index contributed by atoms with van der Waals surface area (Å²) in [5.41, 5.74) is -1.89. The molecule has 1 aliphatic rings. The third kappa shape index (κ3) is 4.33. The first kappa shape index (κ1) is 8.36. The summed E-state index contributed by atoms with van der Waals surface area (Å²) in [6.07, 6.45) is -1.59. The summed E-state index contributed by atoms with van der Waals surface area (Å²) in [7, 11) is 0. The maximum absolute atomic E-state index is 14.5. The van der Waals surface area contributed by atoms with E-state index < -0.39 is 49.2 Å². The van der Waals surface area contributed by atoms with Gasteiger partial charge in [-0.1, -0.05) is 15.9 Å². The zero-order valence-electron chi connectivity index (χ0n) is 19.7. The number of piperazine rings is 1. The van der Waals surface area contributed by atoms with Gasteiger partial charge in [0.05, 0.1) is 16.7 Å². The lowest BCUT2D eigenvalue weighted by atomic mass is 10.2. The number of halogens is 2. The first-order valence-electron chi connectivity index (χ1n) is 10.1. The number of rotatable bonds is 1. The zero-order valence-corrected chi connectivity index (χ0v) is 13.3. The molecule has 1 heterocycles. The van der Waals surface area contributed by atoms with Crippen molar-refractivity contribution in [2.75, 3.05) is 30.9 Å². The molecular weight excluding hydrogens is 339 g/mol. The average molecular weight is 367 g/mol. The van der Waals surface area contributed by atoms with Crippen molar-refractivity contribution in [1.29, 1.82) is 0 Å². The van der Waals surface area contributed by atoms with Gasteiger partial charge in [-0.15, -0.1) is 0 Å². The zero-order chi connectivity index (χ0) is 22.8. The van der Waals surface area contributed by atoms with Gasteiger partial charge < -0.3 is 14.5 Å². The second kappa shape index (κ2) is 6.22. The normalized spacial score (nSPS) is 31.3. The lowest BCUT2D eigenvalue weighted by molar-refractivity contribution is 0.0240. The van der Waals surface area contributed by atoms with E-state index >= 15 is 0 Å². The van der Waals surface area contributed by atoms with E-state index in [1.54, 1.807) is 0 Å². The second-order valence-electron chi connectivity index (χ2n) is 5.19. The van der Waals surface area contributed by atoms with E-state index in [9.17, 15) is 9.18 Å². The number of nitrogens with zero attached hydrogens (tertiary/aromatic N) is 2. The van der Waals surface area contributed by atoms with Gasteiger partial charge in [-0.2, -0.15) is 0 Å². The van der Waals surface area contributed by atoms with Crippen molar-refractivity contribution in [2.24, 2.45) is 0 Å². The molecule has 1 saturated heterocycles. The molecule has 0 unspecified atom stereocenters. The largest absolute Gasteiger partial charge is 0.444 e. The summed E-state index contributed by atoms with van der Waals surface area (Å²) in [6, 6.07) is 3.17. The number of hydrogen-bond acceptors (Lipinski definition) is 3. The van der Waals surface area contributed by atoms with Gasteiger partial charge in [0.25, 0.3) is 0 Å². The molecule has 0 radical (unpaired) electrons. The molecule has 1 amide bonds. The molecule has 0 N–H and O–H groups in total. The fourth-order valence-electron chi connectivity index (χ4n) is 1.44. The molecule has 4 nitrogen and oxygen atoms in total. The van der Waals surface area contributed by atoms with E-state index in [-0.39, 0.29) is 14.3 Å². The van der Waals surface area contributed by atoms with E-state index in [4.69, 9.17) is 15.7 Å². The molecule has 116 valence electrons. The minimum absolute atomic E-state index is 0.0443. The van der Waals surface area contributed by atoms with Gasteiger partial charge in [-0.3, -0.25) is 0 Å². The Bertz CT molecular complexity index is 803. The van der Waals surface area contributed by atoms with Crippen molar-refractivity contribution in [2.45, 2.75) is 26.4 Å². The molecule has 2 rings (SSSR count). The van der Waals surface area contributed by atoms with Gasteiger partial charge in [0.2, 0.25) is 0 Å². The molecule has 1 aliphatic heterocycles. The highest BCUT2D eigenvalue weighted by Crippen LogP contribution is 2.24. The number of benzene rings is 1. The third-order valence-electron chi connectivity index (χ3n) is 2.27. The predicted molar refractivity (Wildman–Crippen MR) is 84.1 cm³/mol. The Labute approximate surface area is 144 Å². The van der Waals surface area contributed by atoms with Crippen LogP contribution in [0.25, 0.3) is 0 Å². The highest BCUT2D eigenvalue weighted by Gasteiger charge is 2.26. The molecule has 1 aromatic rings. The van der Waals surface area contributed by atoms with Crippen LogP contribution < -0.4 is 4.90 Å². The van der Waals surface area contributed by atoms with Crippen LogP contribution in [0.5, 0.6) is 0 Å². The lowest BCUT2D eigenvalue weighted by Crippen LogP contribution is -2.50. The van der Waals surface area contributed by atoms with Crippen molar-refractivity contribution in [3.8, 4) is 0 Å². The van der Waals surface area contributed by atoms with Crippen LogP contribution >= 0.6 is 15.9 Å². The first-order chi connectivity index (χ1) is 12.8. The lowest BCUT2D eigenvalue weighted by Gasteiger charge is -2.36. The summed E-state index contributed by atoms with van der Waals surface area (Å²) in [5, 5.41) is 0. The Morgan fingerprint density at radius 3 is 2.48 bits per heavy atom. The van der Waals surface area contributed by atoms with Crippen molar-refractivity contribution < 1.29 is 24.9 Å². The number of amides is 1. The molecule has 0 saturated carbocycles. The van der Waals surface area contributed by atoms with Crippen LogP contribution in [0.4, 0.5) is 14.9 Å². The standard InChI is InChI=1S/C15H20BrFN2O2/c1-15(2,3)21-14(20)19-8-6-18(7-9-19)13-5-4-11(16)10-12(13)17/h4-5,10H,6-9H2,1-3H3/i6D2,7D2,8D2,9D2. The van der Waals surface area contributed by atoms with Gasteiger partial charge in [0.1, 0.15) is 11.4 Å². The van der Waals surface area contributed by atoms with Gasteiger partial charge in [0.15, 0.2) is 0 Å². The first-order valence-corrected chi connectivity index (χ1v) is 6.86. The van der Waals surface area contributed by atoms with Crippen LogP contribution in [-0.4, -0.2) is 42.6 Å². The molecule has 0 aromatic heterocycles. The Balaban J connectivity index is 2.74. The molecule has 0 atom stereocenters. The number of anilines is 1. The van der Waals surface area contributed by atoms with E-state index in [2.05, 4.69) is 15.9 Å². The SMILES string of the molecule is [2H]C1([2H])N(C(=O)OC(C)(C)C)C([2H])([2H])C([2H])([2H])N(c2ccc(Br)cc2F)C1([2H])[2H]. The Hall–Kier alpha value is -1.30. The topological polar surface area (TPSA) is 32.8 Å². The van der Waals surface area contributed by atoms with E-state index in [0.29, 0.717) is 0 Å². The number of hydrogen-bond donors (Lipinski definition) is 0. The van der Waals surface area contributed by atoms with Crippen LogP contribution in [0.15, 0.2) is 22.7 Å². The van der Waals surface area contributed by atoms with E-state index in [1.165, 1.54) is 26.8 Å². The van der Waals surface area contributed by atoms with Crippen LogP contribution in [0, 0.1) is 5.82 Å².